The van der Waals surface area contributed by atoms with Crippen molar-refractivity contribution in [3.8, 4) is 0 Å². The first kappa shape index (κ1) is 35.5. The van der Waals surface area contributed by atoms with Crippen LogP contribution in [0.5, 0.6) is 0 Å². The van der Waals surface area contributed by atoms with E-state index in [2.05, 4.69) is 13.8 Å². The largest absolute Gasteiger partial charge is 0.388 e. The molecular formula is C30H60O6. The molecule has 0 amide bonds. The predicted octanol–water partition coefficient (Wildman–Crippen LogP) is 6.61. The van der Waals surface area contributed by atoms with Crippen molar-refractivity contribution in [1.82, 2.24) is 0 Å². The van der Waals surface area contributed by atoms with Crippen molar-refractivity contribution in [3.05, 3.63) is 12.2 Å². The van der Waals surface area contributed by atoms with E-state index in [4.69, 9.17) is 18.9 Å². The van der Waals surface area contributed by atoms with E-state index in [9.17, 15) is 10.2 Å². The van der Waals surface area contributed by atoms with Crippen molar-refractivity contribution >= 4 is 0 Å². The maximum Gasteiger partial charge on any atom is 0.101 e. The Labute approximate surface area is 223 Å². The zero-order valence-electron chi connectivity index (χ0n) is 23.8. The highest BCUT2D eigenvalue weighted by molar-refractivity contribution is 4.81. The molecule has 0 aromatic rings. The molecule has 0 aromatic carbocycles. The molecule has 216 valence electrons. The summed E-state index contributed by atoms with van der Waals surface area (Å²) in [6.07, 6.45) is 23.0. The number of hydrogen-bond donors (Lipinski definition) is 2. The van der Waals surface area contributed by atoms with Gasteiger partial charge in [0.25, 0.3) is 0 Å². The van der Waals surface area contributed by atoms with Crippen LogP contribution in [0.15, 0.2) is 12.2 Å². The molecule has 0 saturated heterocycles. The summed E-state index contributed by atoms with van der Waals surface area (Å²) in [4.78, 5) is 0. The smallest absolute Gasteiger partial charge is 0.101 e. The molecule has 6 nitrogen and oxygen atoms in total. The van der Waals surface area contributed by atoms with Gasteiger partial charge in [0.05, 0.1) is 39.6 Å². The van der Waals surface area contributed by atoms with Crippen LogP contribution in [0.4, 0.5) is 0 Å². The van der Waals surface area contributed by atoms with E-state index >= 15 is 0 Å². The maximum absolute atomic E-state index is 9.91. The molecule has 0 rings (SSSR count). The van der Waals surface area contributed by atoms with Gasteiger partial charge in [-0.25, -0.2) is 0 Å². The monoisotopic (exact) mass is 516 g/mol. The van der Waals surface area contributed by atoms with Crippen molar-refractivity contribution in [2.24, 2.45) is 0 Å². The second kappa shape index (κ2) is 30.7. The number of unbranched alkanes of at least 4 members (excludes halogenated alkanes) is 14. The second-order valence-corrected chi connectivity index (χ2v) is 9.95. The highest BCUT2D eigenvalue weighted by Crippen LogP contribution is 2.09. The number of aliphatic hydroxyl groups is 2. The lowest BCUT2D eigenvalue weighted by Crippen LogP contribution is -2.22. The Hall–Kier alpha value is -0.500. The van der Waals surface area contributed by atoms with Crippen LogP contribution >= 0.6 is 0 Å². The molecule has 0 aliphatic carbocycles. The Balaban J connectivity index is 3.32. The molecule has 2 unspecified atom stereocenters. The molecule has 2 N–H and O–H groups in total. The van der Waals surface area contributed by atoms with E-state index in [0.29, 0.717) is 39.6 Å². The van der Waals surface area contributed by atoms with Gasteiger partial charge in [-0.2, -0.15) is 0 Å². The normalized spacial score (nSPS) is 13.6. The van der Waals surface area contributed by atoms with Crippen LogP contribution in [0.3, 0.4) is 0 Å². The molecule has 0 aromatic heterocycles. The first-order valence-electron chi connectivity index (χ1n) is 15.0. The number of rotatable bonds is 30. The summed E-state index contributed by atoms with van der Waals surface area (Å²) in [7, 11) is 0. The minimum atomic E-state index is -0.593. The van der Waals surface area contributed by atoms with Crippen LogP contribution in [0.25, 0.3) is 0 Å². The molecule has 0 spiro atoms. The van der Waals surface area contributed by atoms with Gasteiger partial charge in [-0.1, -0.05) is 116 Å². The highest BCUT2D eigenvalue weighted by atomic mass is 16.5. The topological polar surface area (TPSA) is 77.4 Å². The van der Waals surface area contributed by atoms with Crippen LogP contribution in [0.2, 0.25) is 0 Å². The van der Waals surface area contributed by atoms with Crippen molar-refractivity contribution in [2.45, 2.75) is 129 Å². The summed E-state index contributed by atoms with van der Waals surface area (Å²) >= 11 is 0. The SMILES string of the molecule is CCCCCCCCCCOCC(O)COC/C=C/COCC(O)COCCCCCCCCCC. The third kappa shape index (κ3) is 29.7. The maximum atomic E-state index is 9.91. The van der Waals surface area contributed by atoms with Gasteiger partial charge in [-0.05, 0) is 12.8 Å². The summed E-state index contributed by atoms with van der Waals surface area (Å²) < 4.78 is 22.0. The van der Waals surface area contributed by atoms with E-state index in [1.165, 1.54) is 89.9 Å². The van der Waals surface area contributed by atoms with E-state index in [1.807, 2.05) is 12.2 Å². The van der Waals surface area contributed by atoms with Crippen molar-refractivity contribution < 1.29 is 29.2 Å². The molecule has 0 radical (unpaired) electrons. The Kier molecular flexibility index (Phi) is 30.3. The second-order valence-electron chi connectivity index (χ2n) is 9.95. The van der Waals surface area contributed by atoms with Gasteiger partial charge in [0.2, 0.25) is 0 Å². The average Bonchev–Trinajstić information content (AvgIpc) is 2.87. The van der Waals surface area contributed by atoms with E-state index in [1.54, 1.807) is 0 Å². The third-order valence-corrected chi connectivity index (χ3v) is 6.12. The molecule has 6 heteroatoms. The van der Waals surface area contributed by atoms with Crippen LogP contribution in [0, 0.1) is 0 Å². The predicted molar refractivity (Wildman–Crippen MR) is 150 cm³/mol. The molecule has 0 bridgehead atoms. The van der Waals surface area contributed by atoms with Gasteiger partial charge < -0.3 is 29.2 Å². The van der Waals surface area contributed by atoms with E-state index < -0.39 is 12.2 Å². The van der Waals surface area contributed by atoms with Gasteiger partial charge in [0.15, 0.2) is 0 Å². The lowest BCUT2D eigenvalue weighted by atomic mass is 10.1. The summed E-state index contributed by atoms with van der Waals surface area (Å²) in [5.74, 6) is 0. The number of aliphatic hydroxyl groups excluding tert-OH is 2. The van der Waals surface area contributed by atoms with Gasteiger partial charge >= 0.3 is 0 Å². The standard InChI is InChI=1S/C30H60O6/c1-3-5-7-9-11-13-15-17-21-33-25-29(31)27-35-23-19-20-24-36-28-30(32)26-34-22-18-16-14-12-10-8-6-4-2/h19-20,29-32H,3-18,21-28H2,1-2H3/b20-19+. The first-order valence-corrected chi connectivity index (χ1v) is 15.0. The third-order valence-electron chi connectivity index (χ3n) is 6.12. The highest BCUT2D eigenvalue weighted by Gasteiger charge is 2.05. The quantitative estimate of drug-likeness (QED) is 0.0826. The molecule has 0 saturated carbocycles. The summed E-state index contributed by atoms with van der Waals surface area (Å²) in [5, 5.41) is 19.8. The Bertz CT molecular complexity index is 394. The molecular weight excluding hydrogens is 456 g/mol. The van der Waals surface area contributed by atoms with Crippen molar-refractivity contribution in [1.29, 1.82) is 0 Å². The molecule has 0 fully saturated rings. The average molecular weight is 517 g/mol. The van der Waals surface area contributed by atoms with Crippen LogP contribution in [-0.4, -0.2) is 75.3 Å². The van der Waals surface area contributed by atoms with E-state index in [-0.39, 0.29) is 13.2 Å². The Morgan fingerprint density at radius 1 is 0.444 bits per heavy atom. The summed E-state index contributed by atoms with van der Waals surface area (Å²) in [6.45, 7) is 7.91. The molecule has 2 atom stereocenters. The first-order chi connectivity index (χ1) is 17.7. The van der Waals surface area contributed by atoms with Gasteiger partial charge in [-0.15, -0.1) is 0 Å². The van der Waals surface area contributed by atoms with Crippen LogP contribution < -0.4 is 0 Å². The molecule has 0 aliphatic rings. The summed E-state index contributed by atoms with van der Waals surface area (Å²) in [6, 6.07) is 0. The fourth-order valence-corrected chi connectivity index (χ4v) is 3.89. The summed E-state index contributed by atoms with van der Waals surface area (Å²) in [5.41, 5.74) is 0. The Morgan fingerprint density at radius 2 is 0.750 bits per heavy atom. The zero-order chi connectivity index (χ0) is 26.4. The number of hydrogen-bond acceptors (Lipinski definition) is 6. The molecule has 36 heavy (non-hydrogen) atoms. The zero-order valence-corrected chi connectivity index (χ0v) is 23.8. The van der Waals surface area contributed by atoms with Gasteiger partial charge in [-0.3, -0.25) is 0 Å². The minimum Gasteiger partial charge on any atom is -0.388 e. The van der Waals surface area contributed by atoms with Crippen molar-refractivity contribution in [2.75, 3.05) is 52.9 Å². The number of ether oxygens (including phenoxy) is 4. The Morgan fingerprint density at radius 3 is 1.11 bits per heavy atom. The lowest BCUT2D eigenvalue weighted by molar-refractivity contribution is -0.0154. The van der Waals surface area contributed by atoms with Gasteiger partial charge in [0, 0.05) is 13.2 Å². The molecule has 0 heterocycles. The van der Waals surface area contributed by atoms with Gasteiger partial charge in [0.1, 0.15) is 12.2 Å². The fraction of sp³-hybridized carbons (Fsp3) is 0.933. The van der Waals surface area contributed by atoms with Crippen LogP contribution in [0.1, 0.15) is 117 Å². The van der Waals surface area contributed by atoms with Crippen LogP contribution in [-0.2, 0) is 18.9 Å². The molecule has 0 aliphatic heterocycles. The van der Waals surface area contributed by atoms with Crippen molar-refractivity contribution in [3.63, 3.8) is 0 Å². The minimum absolute atomic E-state index is 0.261. The lowest BCUT2D eigenvalue weighted by Gasteiger charge is -2.11. The van der Waals surface area contributed by atoms with E-state index in [0.717, 1.165) is 12.8 Å². The fourth-order valence-electron chi connectivity index (χ4n) is 3.89.